The summed E-state index contributed by atoms with van der Waals surface area (Å²) in [5, 5.41) is 8.77. The summed E-state index contributed by atoms with van der Waals surface area (Å²) in [6, 6.07) is 4.07. The molecular formula is C15H18BrFN2O4. The molecular weight excluding hydrogens is 371 g/mol. The number of morpholine rings is 1. The molecule has 1 amide bonds. The molecule has 1 fully saturated rings. The highest BCUT2D eigenvalue weighted by atomic mass is 79.9. The number of carbonyl (C=O) groups is 2. The SMILES string of the molecule is CN(CC(=O)O)CC1CN(C(=O)c2cc(F)cc(Br)c2)CCO1. The number of carboxylic acids is 1. The second-order valence-electron chi connectivity index (χ2n) is 5.49. The number of halogens is 2. The van der Waals surface area contributed by atoms with Gasteiger partial charge in [0, 0.05) is 29.7 Å². The molecule has 23 heavy (non-hydrogen) atoms. The van der Waals surface area contributed by atoms with Crippen molar-refractivity contribution in [3.63, 3.8) is 0 Å². The van der Waals surface area contributed by atoms with E-state index in [0.717, 1.165) is 0 Å². The smallest absolute Gasteiger partial charge is 0.317 e. The van der Waals surface area contributed by atoms with Crippen molar-refractivity contribution in [1.82, 2.24) is 9.80 Å². The Balaban J connectivity index is 2.00. The maximum atomic E-state index is 13.4. The van der Waals surface area contributed by atoms with Gasteiger partial charge in [0.15, 0.2) is 0 Å². The molecule has 6 nitrogen and oxygen atoms in total. The van der Waals surface area contributed by atoms with Crippen LogP contribution in [-0.2, 0) is 9.53 Å². The summed E-state index contributed by atoms with van der Waals surface area (Å²) in [7, 11) is 1.68. The van der Waals surface area contributed by atoms with E-state index < -0.39 is 11.8 Å². The molecule has 1 aromatic carbocycles. The number of benzene rings is 1. The average Bonchev–Trinajstić information content (AvgIpc) is 2.44. The topological polar surface area (TPSA) is 70.1 Å². The average molecular weight is 389 g/mol. The van der Waals surface area contributed by atoms with Crippen LogP contribution in [0.2, 0.25) is 0 Å². The van der Waals surface area contributed by atoms with E-state index in [1.165, 1.54) is 12.1 Å². The molecule has 1 aliphatic heterocycles. The minimum Gasteiger partial charge on any atom is -0.480 e. The largest absolute Gasteiger partial charge is 0.480 e. The molecule has 1 atom stereocenters. The highest BCUT2D eigenvalue weighted by Crippen LogP contribution is 2.18. The summed E-state index contributed by atoms with van der Waals surface area (Å²) in [4.78, 5) is 26.4. The van der Waals surface area contributed by atoms with E-state index >= 15 is 0 Å². The summed E-state index contributed by atoms with van der Waals surface area (Å²) in [6.45, 7) is 1.45. The highest BCUT2D eigenvalue weighted by Gasteiger charge is 2.26. The normalized spacial score (nSPS) is 18.3. The molecule has 126 valence electrons. The number of nitrogens with zero attached hydrogens (tertiary/aromatic N) is 2. The maximum absolute atomic E-state index is 13.4. The van der Waals surface area contributed by atoms with E-state index in [0.29, 0.717) is 30.7 Å². The first kappa shape index (κ1) is 17.8. The van der Waals surface area contributed by atoms with Crippen LogP contribution in [0.3, 0.4) is 0 Å². The number of ether oxygens (including phenoxy) is 1. The van der Waals surface area contributed by atoms with E-state index in [2.05, 4.69) is 15.9 Å². The minimum atomic E-state index is -0.916. The lowest BCUT2D eigenvalue weighted by Gasteiger charge is -2.34. The fourth-order valence-corrected chi connectivity index (χ4v) is 2.98. The summed E-state index contributed by atoms with van der Waals surface area (Å²) in [5.74, 6) is -1.66. The minimum absolute atomic E-state index is 0.0926. The van der Waals surface area contributed by atoms with Crippen molar-refractivity contribution in [2.45, 2.75) is 6.10 Å². The molecule has 1 unspecified atom stereocenters. The van der Waals surface area contributed by atoms with Gasteiger partial charge < -0.3 is 14.7 Å². The van der Waals surface area contributed by atoms with E-state index in [-0.39, 0.29) is 24.1 Å². The summed E-state index contributed by atoms with van der Waals surface area (Å²) < 4.78 is 19.5. The molecule has 0 spiro atoms. The van der Waals surface area contributed by atoms with Crippen molar-refractivity contribution in [3.05, 3.63) is 34.1 Å². The molecule has 0 aliphatic carbocycles. The van der Waals surface area contributed by atoms with Gasteiger partial charge in [0.2, 0.25) is 0 Å². The molecule has 0 aromatic heterocycles. The molecule has 0 saturated carbocycles. The van der Waals surface area contributed by atoms with Gasteiger partial charge in [0.1, 0.15) is 5.82 Å². The van der Waals surface area contributed by atoms with Crippen molar-refractivity contribution in [1.29, 1.82) is 0 Å². The molecule has 1 N–H and O–H groups in total. The van der Waals surface area contributed by atoms with Crippen LogP contribution in [0.15, 0.2) is 22.7 Å². The Morgan fingerprint density at radius 2 is 2.22 bits per heavy atom. The van der Waals surface area contributed by atoms with Crippen LogP contribution < -0.4 is 0 Å². The van der Waals surface area contributed by atoms with Crippen LogP contribution in [0.1, 0.15) is 10.4 Å². The third-order valence-electron chi connectivity index (χ3n) is 3.46. The quantitative estimate of drug-likeness (QED) is 0.826. The second kappa shape index (κ2) is 7.85. The standard InChI is InChI=1S/C15H18BrFN2O4/c1-18(9-14(20)21)7-13-8-19(2-3-23-13)15(22)10-4-11(16)6-12(17)5-10/h4-6,13H,2-3,7-9H2,1H3,(H,20,21). The predicted octanol–water partition coefficient (Wildman–Crippen LogP) is 1.45. The van der Waals surface area contributed by atoms with Crippen LogP contribution in [0.25, 0.3) is 0 Å². The van der Waals surface area contributed by atoms with Gasteiger partial charge in [-0.3, -0.25) is 14.5 Å². The Labute approximate surface area is 141 Å². The molecule has 1 aromatic rings. The number of hydrogen-bond donors (Lipinski definition) is 1. The Bertz CT molecular complexity index is 579. The Morgan fingerprint density at radius 3 is 2.87 bits per heavy atom. The van der Waals surface area contributed by atoms with E-state index in [1.54, 1.807) is 22.9 Å². The van der Waals surface area contributed by atoms with Crippen molar-refractivity contribution >= 4 is 27.8 Å². The fraction of sp³-hybridized carbons (Fsp3) is 0.467. The molecule has 0 bridgehead atoms. The lowest BCUT2D eigenvalue weighted by molar-refractivity contribution is -0.138. The zero-order valence-electron chi connectivity index (χ0n) is 12.7. The van der Waals surface area contributed by atoms with E-state index in [9.17, 15) is 14.0 Å². The van der Waals surface area contributed by atoms with Gasteiger partial charge in [-0.2, -0.15) is 0 Å². The van der Waals surface area contributed by atoms with Crippen LogP contribution >= 0.6 is 15.9 Å². The van der Waals surface area contributed by atoms with Gasteiger partial charge in [0.25, 0.3) is 5.91 Å². The number of hydrogen-bond acceptors (Lipinski definition) is 4. The van der Waals surface area contributed by atoms with Crippen LogP contribution in [0.4, 0.5) is 4.39 Å². The summed E-state index contributed by atoms with van der Waals surface area (Å²) in [5.41, 5.74) is 0.274. The molecule has 1 aliphatic rings. The molecule has 1 heterocycles. The molecule has 0 radical (unpaired) electrons. The highest BCUT2D eigenvalue weighted by molar-refractivity contribution is 9.10. The summed E-state index contributed by atoms with van der Waals surface area (Å²) in [6.07, 6.45) is -0.269. The van der Waals surface area contributed by atoms with Gasteiger partial charge in [-0.1, -0.05) is 15.9 Å². The Kier molecular flexibility index (Phi) is 6.09. The monoisotopic (exact) mass is 388 g/mol. The maximum Gasteiger partial charge on any atom is 0.317 e. The number of carboxylic acid groups (broad SMARTS) is 1. The van der Waals surface area contributed by atoms with Crippen molar-refractivity contribution in [3.8, 4) is 0 Å². The number of aliphatic carboxylic acids is 1. The van der Waals surface area contributed by atoms with Gasteiger partial charge in [0.05, 0.1) is 19.3 Å². The van der Waals surface area contributed by atoms with Crippen LogP contribution in [0, 0.1) is 5.82 Å². The number of carbonyl (C=O) groups excluding carboxylic acids is 1. The number of rotatable bonds is 5. The lowest BCUT2D eigenvalue weighted by atomic mass is 10.1. The Hall–Kier alpha value is -1.51. The van der Waals surface area contributed by atoms with Gasteiger partial charge in [-0.15, -0.1) is 0 Å². The van der Waals surface area contributed by atoms with Crippen molar-refractivity contribution < 1.29 is 23.8 Å². The zero-order valence-corrected chi connectivity index (χ0v) is 14.3. The zero-order chi connectivity index (χ0) is 17.0. The lowest BCUT2D eigenvalue weighted by Crippen LogP contribution is -2.49. The summed E-state index contributed by atoms with van der Waals surface area (Å²) >= 11 is 3.18. The third-order valence-corrected chi connectivity index (χ3v) is 3.91. The van der Waals surface area contributed by atoms with Crippen LogP contribution in [-0.4, -0.2) is 72.7 Å². The number of amides is 1. The number of likely N-dealkylation sites (N-methyl/N-ethyl adjacent to an activating group) is 1. The van der Waals surface area contributed by atoms with Gasteiger partial charge >= 0.3 is 5.97 Å². The van der Waals surface area contributed by atoms with E-state index in [1.807, 2.05) is 0 Å². The predicted molar refractivity (Wildman–Crippen MR) is 84.9 cm³/mol. The van der Waals surface area contributed by atoms with E-state index in [4.69, 9.17) is 9.84 Å². The molecule has 8 heteroatoms. The van der Waals surface area contributed by atoms with Gasteiger partial charge in [-0.25, -0.2) is 4.39 Å². The molecule has 1 saturated heterocycles. The first-order valence-corrected chi connectivity index (χ1v) is 7.92. The first-order valence-electron chi connectivity index (χ1n) is 7.12. The van der Waals surface area contributed by atoms with Crippen LogP contribution in [0.5, 0.6) is 0 Å². The second-order valence-corrected chi connectivity index (χ2v) is 6.41. The third kappa shape index (κ3) is 5.26. The first-order chi connectivity index (χ1) is 10.8. The van der Waals surface area contributed by atoms with Crippen molar-refractivity contribution in [2.24, 2.45) is 0 Å². The fourth-order valence-electron chi connectivity index (χ4n) is 2.52. The molecule has 2 rings (SSSR count). The Morgan fingerprint density at radius 1 is 1.48 bits per heavy atom. The van der Waals surface area contributed by atoms with Crippen molar-refractivity contribution in [2.75, 3.05) is 39.8 Å². The van der Waals surface area contributed by atoms with Gasteiger partial charge in [-0.05, 0) is 25.2 Å².